The van der Waals surface area contributed by atoms with Crippen LogP contribution < -0.4 is 11.1 Å². The summed E-state index contributed by atoms with van der Waals surface area (Å²) in [6.45, 7) is 7.52. The Balaban J connectivity index is 1.96. The predicted molar refractivity (Wildman–Crippen MR) is 105 cm³/mol. The number of thiophene rings is 1. The van der Waals surface area contributed by atoms with Crippen LogP contribution in [0.5, 0.6) is 0 Å². The molecule has 6 nitrogen and oxygen atoms in total. The number of carbonyl (C=O) groups excluding carboxylic acids is 2. The number of amides is 2. The number of likely N-dealkylation sites (tertiary alicyclic amines) is 1. The molecule has 1 aliphatic rings. The number of anilines is 1. The standard InChI is InChI=1S/C19H26N4O2S/c1-11(2)18(25)23-9-5-8-19(3,10-23)13-7-6-12-14(20)15(16(24)21-4)26-17(12)22-13/h6-7,11H,5,8-10,20H2,1-4H3,(H,21,24). The topological polar surface area (TPSA) is 88.3 Å². The Morgan fingerprint density at radius 3 is 2.77 bits per heavy atom. The zero-order valence-corrected chi connectivity index (χ0v) is 16.6. The monoisotopic (exact) mass is 374 g/mol. The number of nitrogens with one attached hydrogen (secondary N) is 1. The van der Waals surface area contributed by atoms with E-state index in [0.29, 0.717) is 17.1 Å². The number of fused-ring (bicyclic) bond motifs is 1. The number of rotatable bonds is 3. The second-order valence-corrected chi connectivity index (χ2v) is 8.55. The number of carbonyl (C=O) groups is 2. The summed E-state index contributed by atoms with van der Waals surface area (Å²) < 4.78 is 0. The summed E-state index contributed by atoms with van der Waals surface area (Å²) in [5.74, 6) is 0.00362. The lowest BCUT2D eigenvalue weighted by molar-refractivity contribution is -0.136. The van der Waals surface area contributed by atoms with E-state index >= 15 is 0 Å². The van der Waals surface area contributed by atoms with Crippen molar-refractivity contribution in [3.8, 4) is 0 Å². The van der Waals surface area contributed by atoms with Crippen LogP contribution in [0.15, 0.2) is 12.1 Å². The molecule has 0 saturated carbocycles. The lowest BCUT2D eigenvalue weighted by Crippen LogP contribution is -2.48. The Morgan fingerprint density at radius 2 is 2.12 bits per heavy atom. The van der Waals surface area contributed by atoms with Gasteiger partial charge in [0.15, 0.2) is 0 Å². The fraction of sp³-hybridized carbons (Fsp3) is 0.526. The first-order valence-corrected chi connectivity index (χ1v) is 9.79. The van der Waals surface area contributed by atoms with Gasteiger partial charge in [-0.2, -0.15) is 0 Å². The van der Waals surface area contributed by atoms with Crippen LogP contribution in [0.1, 0.15) is 49.0 Å². The number of piperidine rings is 1. The van der Waals surface area contributed by atoms with E-state index in [1.54, 1.807) is 7.05 Å². The maximum Gasteiger partial charge on any atom is 0.263 e. The van der Waals surface area contributed by atoms with E-state index < -0.39 is 0 Å². The van der Waals surface area contributed by atoms with Crippen LogP contribution in [0.4, 0.5) is 5.69 Å². The van der Waals surface area contributed by atoms with Gasteiger partial charge in [0, 0.05) is 42.6 Å². The molecule has 7 heteroatoms. The van der Waals surface area contributed by atoms with E-state index in [1.165, 1.54) is 11.3 Å². The van der Waals surface area contributed by atoms with E-state index in [0.717, 1.165) is 35.3 Å². The Morgan fingerprint density at radius 1 is 1.38 bits per heavy atom. The van der Waals surface area contributed by atoms with Crippen LogP contribution in [0, 0.1) is 5.92 Å². The van der Waals surface area contributed by atoms with Gasteiger partial charge in [0.25, 0.3) is 5.91 Å². The smallest absolute Gasteiger partial charge is 0.263 e. The Hall–Kier alpha value is -2.15. The van der Waals surface area contributed by atoms with Gasteiger partial charge in [-0.15, -0.1) is 11.3 Å². The molecule has 140 valence electrons. The van der Waals surface area contributed by atoms with Crippen molar-refractivity contribution < 1.29 is 9.59 Å². The zero-order chi connectivity index (χ0) is 19.1. The maximum absolute atomic E-state index is 12.4. The van der Waals surface area contributed by atoms with Gasteiger partial charge < -0.3 is 16.0 Å². The fourth-order valence-electron chi connectivity index (χ4n) is 3.62. The SMILES string of the molecule is CNC(=O)c1sc2nc(C3(C)CCCN(C(=O)C(C)C)C3)ccc2c1N. The molecule has 3 rings (SSSR count). The molecule has 0 radical (unpaired) electrons. The number of nitrogen functional groups attached to an aromatic ring is 1. The van der Waals surface area contributed by atoms with Crippen molar-refractivity contribution in [2.24, 2.45) is 5.92 Å². The summed E-state index contributed by atoms with van der Waals surface area (Å²) in [5, 5.41) is 3.43. The number of hydrogen-bond acceptors (Lipinski definition) is 5. The van der Waals surface area contributed by atoms with Crippen molar-refractivity contribution in [1.82, 2.24) is 15.2 Å². The number of hydrogen-bond donors (Lipinski definition) is 2. The van der Waals surface area contributed by atoms with Crippen LogP contribution in [-0.4, -0.2) is 41.8 Å². The molecule has 2 aromatic rings. The van der Waals surface area contributed by atoms with E-state index in [4.69, 9.17) is 10.7 Å². The van der Waals surface area contributed by atoms with Gasteiger partial charge in [-0.05, 0) is 25.0 Å². The highest BCUT2D eigenvalue weighted by Gasteiger charge is 2.36. The molecule has 1 aliphatic heterocycles. The molecule has 26 heavy (non-hydrogen) atoms. The van der Waals surface area contributed by atoms with Gasteiger partial charge >= 0.3 is 0 Å². The highest BCUT2D eigenvalue weighted by molar-refractivity contribution is 7.21. The average Bonchev–Trinajstić information content (AvgIpc) is 2.96. The molecule has 1 saturated heterocycles. The first kappa shape index (κ1) is 18.6. The van der Waals surface area contributed by atoms with E-state index in [1.807, 2.05) is 30.9 Å². The summed E-state index contributed by atoms with van der Waals surface area (Å²) in [4.78, 5) is 32.5. The van der Waals surface area contributed by atoms with Gasteiger partial charge in [0.1, 0.15) is 9.71 Å². The van der Waals surface area contributed by atoms with E-state index in [9.17, 15) is 9.59 Å². The van der Waals surface area contributed by atoms with Crippen molar-refractivity contribution >= 4 is 39.1 Å². The minimum atomic E-state index is -0.192. The third kappa shape index (κ3) is 3.16. The molecule has 1 fully saturated rings. The van der Waals surface area contributed by atoms with Gasteiger partial charge in [0.05, 0.1) is 5.69 Å². The first-order chi connectivity index (χ1) is 12.3. The highest BCUT2D eigenvalue weighted by atomic mass is 32.1. The average molecular weight is 375 g/mol. The minimum Gasteiger partial charge on any atom is -0.397 e. The molecule has 0 bridgehead atoms. The number of nitrogens with zero attached hydrogens (tertiary/aromatic N) is 2. The zero-order valence-electron chi connectivity index (χ0n) is 15.8. The fourth-order valence-corrected chi connectivity index (χ4v) is 4.66. The normalized spacial score (nSPS) is 20.6. The third-order valence-electron chi connectivity index (χ3n) is 5.15. The summed E-state index contributed by atoms with van der Waals surface area (Å²) in [5.41, 5.74) is 7.37. The Bertz CT molecular complexity index is 861. The number of aromatic nitrogens is 1. The van der Waals surface area contributed by atoms with Crippen LogP contribution in [0.25, 0.3) is 10.2 Å². The molecule has 0 aliphatic carbocycles. The van der Waals surface area contributed by atoms with Crippen LogP contribution in [0.2, 0.25) is 0 Å². The number of nitrogens with two attached hydrogens (primary N) is 1. The molecule has 2 aromatic heterocycles. The molecule has 2 amide bonds. The Kier molecular flexibility index (Phi) is 4.92. The molecule has 3 heterocycles. The predicted octanol–water partition coefficient (Wildman–Crippen LogP) is 2.77. The summed E-state index contributed by atoms with van der Waals surface area (Å²) in [6, 6.07) is 3.94. The van der Waals surface area contributed by atoms with Crippen molar-refractivity contribution in [1.29, 1.82) is 0 Å². The molecule has 1 atom stereocenters. The van der Waals surface area contributed by atoms with Crippen LogP contribution >= 0.6 is 11.3 Å². The quantitative estimate of drug-likeness (QED) is 0.865. The van der Waals surface area contributed by atoms with Crippen molar-refractivity contribution in [3.63, 3.8) is 0 Å². The van der Waals surface area contributed by atoms with E-state index in [2.05, 4.69) is 12.2 Å². The van der Waals surface area contributed by atoms with Crippen LogP contribution in [-0.2, 0) is 10.2 Å². The maximum atomic E-state index is 12.4. The highest BCUT2D eigenvalue weighted by Crippen LogP contribution is 2.37. The molecule has 3 N–H and O–H groups in total. The summed E-state index contributed by atoms with van der Waals surface area (Å²) in [7, 11) is 1.59. The van der Waals surface area contributed by atoms with Crippen molar-refractivity contribution in [2.45, 2.75) is 39.0 Å². The lowest BCUT2D eigenvalue weighted by atomic mass is 9.78. The van der Waals surface area contributed by atoms with Gasteiger partial charge in [-0.3, -0.25) is 9.59 Å². The van der Waals surface area contributed by atoms with Gasteiger partial charge in [-0.25, -0.2) is 4.98 Å². The second-order valence-electron chi connectivity index (χ2n) is 7.55. The largest absolute Gasteiger partial charge is 0.397 e. The van der Waals surface area contributed by atoms with E-state index in [-0.39, 0.29) is 23.1 Å². The summed E-state index contributed by atoms with van der Waals surface area (Å²) in [6.07, 6.45) is 1.95. The molecular formula is C19H26N4O2S. The van der Waals surface area contributed by atoms with Crippen molar-refractivity contribution in [3.05, 3.63) is 22.7 Å². The molecular weight excluding hydrogens is 348 g/mol. The van der Waals surface area contributed by atoms with Crippen molar-refractivity contribution in [2.75, 3.05) is 25.9 Å². The Labute approximate surface area is 157 Å². The number of pyridine rings is 1. The van der Waals surface area contributed by atoms with Gasteiger partial charge in [0.2, 0.25) is 5.91 Å². The third-order valence-corrected chi connectivity index (χ3v) is 6.26. The van der Waals surface area contributed by atoms with Crippen LogP contribution in [0.3, 0.4) is 0 Å². The lowest BCUT2D eigenvalue weighted by Gasteiger charge is -2.40. The molecule has 0 spiro atoms. The first-order valence-electron chi connectivity index (χ1n) is 8.97. The molecule has 1 unspecified atom stereocenters. The van der Waals surface area contributed by atoms with Gasteiger partial charge in [-0.1, -0.05) is 20.8 Å². The molecule has 0 aromatic carbocycles. The summed E-state index contributed by atoms with van der Waals surface area (Å²) >= 11 is 1.32. The second kappa shape index (κ2) is 6.87. The minimum absolute atomic E-state index is 0.00000176.